The predicted octanol–water partition coefficient (Wildman–Crippen LogP) is 1.57. The summed E-state index contributed by atoms with van der Waals surface area (Å²) in [4.78, 5) is 25.1. The number of likely N-dealkylation sites (tertiary alicyclic amines) is 1. The number of nitrogens with zero attached hydrogens (tertiary/aromatic N) is 1. The molecule has 1 fully saturated rings. The van der Waals surface area contributed by atoms with Crippen molar-refractivity contribution in [1.29, 1.82) is 0 Å². The second-order valence-corrected chi connectivity index (χ2v) is 5.33. The number of halogens is 2. The molecule has 23 heavy (non-hydrogen) atoms. The topological polar surface area (TPSA) is 73.5 Å². The van der Waals surface area contributed by atoms with E-state index in [9.17, 15) is 18.4 Å². The molecule has 4 amide bonds. The van der Waals surface area contributed by atoms with Gasteiger partial charge in [0.1, 0.15) is 11.6 Å². The van der Waals surface area contributed by atoms with E-state index in [2.05, 4.69) is 16.0 Å². The van der Waals surface area contributed by atoms with Crippen LogP contribution in [0.3, 0.4) is 0 Å². The van der Waals surface area contributed by atoms with Gasteiger partial charge < -0.3 is 20.9 Å². The Kier molecular flexibility index (Phi) is 5.72. The minimum atomic E-state index is -0.574. The van der Waals surface area contributed by atoms with Crippen LogP contribution in [0, 0.1) is 11.6 Å². The van der Waals surface area contributed by atoms with E-state index in [-0.39, 0.29) is 24.2 Å². The van der Waals surface area contributed by atoms with E-state index >= 15 is 0 Å². The van der Waals surface area contributed by atoms with Gasteiger partial charge in [0, 0.05) is 37.8 Å². The van der Waals surface area contributed by atoms with Crippen LogP contribution in [0.2, 0.25) is 0 Å². The van der Waals surface area contributed by atoms with Crippen LogP contribution < -0.4 is 16.0 Å². The largest absolute Gasteiger partial charge is 0.338 e. The molecule has 6 nitrogen and oxygen atoms in total. The van der Waals surface area contributed by atoms with Crippen LogP contribution in [0.4, 0.5) is 18.4 Å². The number of nitrogens with one attached hydrogen (secondary N) is 3. The van der Waals surface area contributed by atoms with E-state index in [4.69, 9.17) is 0 Å². The van der Waals surface area contributed by atoms with Crippen LogP contribution in [0.5, 0.6) is 0 Å². The second-order valence-electron chi connectivity index (χ2n) is 5.33. The molecule has 0 unspecified atom stereocenters. The summed E-state index contributed by atoms with van der Waals surface area (Å²) in [6, 6.07) is 2.30. The fraction of sp³-hybridized carbons (Fsp3) is 0.467. The first-order chi connectivity index (χ1) is 11.0. The minimum absolute atomic E-state index is 0.0792. The van der Waals surface area contributed by atoms with Gasteiger partial charge in [0.15, 0.2) is 0 Å². The van der Waals surface area contributed by atoms with Crippen molar-refractivity contribution in [3.05, 3.63) is 35.4 Å². The van der Waals surface area contributed by atoms with Crippen LogP contribution in [0.25, 0.3) is 0 Å². The van der Waals surface area contributed by atoms with Gasteiger partial charge >= 0.3 is 12.1 Å². The molecular weight excluding hydrogens is 306 g/mol. The number of hydrogen-bond acceptors (Lipinski definition) is 2. The van der Waals surface area contributed by atoms with Crippen molar-refractivity contribution in [1.82, 2.24) is 20.9 Å². The minimum Gasteiger partial charge on any atom is -0.338 e. The van der Waals surface area contributed by atoms with Gasteiger partial charge in [0.25, 0.3) is 0 Å². The highest BCUT2D eigenvalue weighted by atomic mass is 19.1. The number of carbonyl (C=O) groups is 2. The standard InChI is InChI=1S/C15H20F2N4O2/c1-2-18-15(23)21-6-5-12(9-21)20-14(22)19-8-10-7-11(16)3-4-13(10)17/h3-4,7,12H,2,5-6,8-9H2,1H3,(H,18,23)(H2,19,20,22)/t12-/m0/s1. The summed E-state index contributed by atoms with van der Waals surface area (Å²) in [7, 11) is 0. The van der Waals surface area contributed by atoms with E-state index in [1.165, 1.54) is 0 Å². The molecule has 1 aromatic carbocycles. The lowest BCUT2D eigenvalue weighted by Gasteiger charge is -2.17. The molecule has 0 radical (unpaired) electrons. The summed E-state index contributed by atoms with van der Waals surface area (Å²) in [6.45, 7) is 3.26. The van der Waals surface area contributed by atoms with Crippen LogP contribution in [0.1, 0.15) is 18.9 Å². The molecule has 1 saturated heterocycles. The number of amides is 4. The number of carbonyl (C=O) groups excluding carboxylic acids is 2. The zero-order chi connectivity index (χ0) is 16.8. The van der Waals surface area contributed by atoms with Crippen molar-refractivity contribution in [2.45, 2.75) is 25.9 Å². The first-order valence-electron chi connectivity index (χ1n) is 7.50. The van der Waals surface area contributed by atoms with Crippen molar-refractivity contribution in [3.8, 4) is 0 Å². The zero-order valence-electron chi connectivity index (χ0n) is 12.9. The van der Waals surface area contributed by atoms with E-state index < -0.39 is 17.7 Å². The van der Waals surface area contributed by atoms with E-state index in [0.29, 0.717) is 26.1 Å². The van der Waals surface area contributed by atoms with Gasteiger partial charge in [-0.1, -0.05) is 0 Å². The molecule has 0 spiro atoms. The highest BCUT2D eigenvalue weighted by molar-refractivity contribution is 5.76. The Morgan fingerprint density at radius 2 is 2.09 bits per heavy atom. The average Bonchev–Trinajstić information content (AvgIpc) is 2.97. The molecule has 1 aromatic rings. The van der Waals surface area contributed by atoms with Crippen LogP contribution >= 0.6 is 0 Å². The van der Waals surface area contributed by atoms with Gasteiger partial charge in [-0.15, -0.1) is 0 Å². The molecule has 1 aliphatic rings. The molecule has 3 N–H and O–H groups in total. The highest BCUT2D eigenvalue weighted by Crippen LogP contribution is 2.10. The normalized spacial score (nSPS) is 17.0. The molecule has 0 aliphatic carbocycles. The highest BCUT2D eigenvalue weighted by Gasteiger charge is 2.26. The number of urea groups is 2. The number of hydrogen-bond donors (Lipinski definition) is 3. The Morgan fingerprint density at radius 1 is 1.30 bits per heavy atom. The molecule has 0 saturated carbocycles. The van der Waals surface area contributed by atoms with Crippen molar-refractivity contribution in [2.24, 2.45) is 0 Å². The SMILES string of the molecule is CCNC(=O)N1CC[C@H](NC(=O)NCc2cc(F)ccc2F)C1. The third-order valence-electron chi connectivity index (χ3n) is 3.59. The summed E-state index contributed by atoms with van der Waals surface area (Å²) in [6.07, 6.45) is 0.652. The second kappa shape index (κ2) is 7.75. The number of benzene rings is 1. The Labute approximate surface area is 133 Å². The number of rotatable bonds is 4. The van der Waals surface area contributed by atoms with Gasteiger partial charge in [-0.25, -0.2) is 18.4 Å². The van der Waals surface area contributed by atoms with Crippen molar-refractivity contribution in [2.75, 3.05) is 19.6 Å². The van der Waals surface area contributed by atoms with E-state index in [0.717, 1.165) is 18.2 Å². The van der Waals surface area contributed by atoms with E-state index in [1.807, 2.05) is 6.92 Å². The summed E-state index contributed by atoms with van der Waals surface area (Å²) in [5.74, 6) is -1.13. The molecule has 2 rings (SSSR count). The molecule has 1 aliphatic heterocycles. The van der Waals surface area contributed by atoms with Crippen LogP contribution in [-0.2, 0) is 6.54 Å². The molecule has 0 aromatic heterocycles. The van der Waals surface area contributed by atoms with Crippen LogP contribution in [-0.4, -0.2) is 42.6 Å². The lowest BCUT2D eigenvalue weighted by Crippen LogP contribution is -2.45. The van der Waals surface area contributed by atoms with E-state index in [1.54, 1.807) is 4.90 Å². The van der Waals surface area contributed by atoms with Crippen molar-refractivity contribution >= 4 is 12.1 Å². The summed E-state index contributed by atoms with van der Waals surface area (Å²) in [5, 5.41) is 7.91. The maximum atomic E-state index is 13.4. The first-order valence-corrected chi connectivity index (χ1v) is 7.50. The van der Waals surface area contributed by atoms with Gasteiger partial charge in [0.2, 0.25) is 0 Å². The Hall–Kier alpha value is -2.38. The summed E-state index contributed by atoms with van der Waals surface area (Å²) < 4.78 is 26.5. The third kappa shape index (κ3) is 4.80. The quantitative estimate of drug-likeness (QED) is 0.786. The monoisotopic (exact) mass is 326 g/mol. The predicted molar refractivity (Wildman–Crippen MR) is 80.8 cm³/mol. The van der Waals surface area contributed by atoms with Gasteiger partial charge in [-0.2, -0.15) is 0 Å². The van der Waals surface area contributed by atoms with Gasteiger partial charge in [0.05, 0.1) is 0 Å². The Bertz CT molecular complexity index is 583. The Balaban J connectivity index is 1.77. The van der Waals surface area contributed by atoms with Gasteiger partial charge in [-0.05, 0) is 31.5 Å². The summed E-state index contributed by atoms with van der Waals surface area (Å²) >= 11 is 0. The smallest absolute Gasteiger partial charge is 0.317 e. The lowest BCUT2D eigenvalue weighted by atomic mass is 10.2. The maximum absolute atomic E-state index is 13.4. The molecule has 0 bridgehead atoms. The maximum Gasteiger partial charge on any atom is 0.317 e. The molecule has 126 valence electrons. The summed E-state index contributed by atoms with van der Waals surface area (Å²) in [5.41, 5.74) is 0.0792. The van der Waals surface area contributed by atoms with Gasteiger partial charge in [-0.3, -0.25) is 0 Å². The molecular formula is C15H20F2N4O2. The Morgan fingerprint density at radius 3 is 2.83 bits per heavy atom. The molecule has 8 heteroatoms. The zero-order valence-corrected chi connectivity index (χ0v) is 12.9. The average molecular weight is 326 g/mol. The van der Waals surface area contributed by atoms with Crippen molar-refractivity contribution in [3.63, 3.8) is 0 Å². The van der Waals surface area contributed by atoms with Crippen molar-refractivity contribution < 1.29 is 18.4 Å². The first kappa shape index (κ1) is 17.0. The fourth-order valence-corrected chi connectivity index (χ4v) is 2.42. The molecule has 1 heterocycles. The molecule has 1 atom stereocenters. The van der Waals surface area contributed by atoms with Crippen LogP contribution in [0.15, 0.2) is 18.2 Å². The lowest BCUT2D eigenvalue weighted by molar-refractivity contribution is 0.207. The fourth-order valence-electron chi connectivity index (χ4n) is 2.42. The third-order valence-corrected chi connectivity index (χ3v) is 3.59.